The fourth-order valence-electron chi connectivity index (χ4n) is 0.313. The topological polar surface area (TPSA) is 36.7 Å². The summed E-state index contributed by atoms with van der Waals surface area (Å²) in [6.07, 6.45) is 3.50. The predicted octanol–water partition coefficient (Wildman–Crippen LogP) is 1.10. The van der Waals surface area contributed by atoms with Gasteiger partial charge >= 0.3 is 0 Å². The molecule has 3 heteroatoms. The highest BCUT2D eigenvalue weighted by molar-refractivity contribution is 7.64. The van der Waals surface area contributed by atoms with E-state index in [0.717, 1.165) is 0 Å². The van der Waals surface area contributed by atoms with Crippen LogP contribution in [0.2, 0.25) is 0 Å². The average molecular weight is 137 g/mol. The molecule has 0 saturated heterocycles. The molecule has 0 saturated carbocycles. The van der Waals surface area contributed by atoms with E-state index in [4.69, 9.17) is 5.26 Å². The lowest BCUT2D eigenvalue weighted by atomic mass is 10.5. The Morgan fingerprint density at radius 2 is 1.67 bits per heavy atom. The van der Waals surface area contributed by atoms with Gasteiger partial charge in [-0.25, -0.2) is 5.26 Å². The van der Waals surface area contributed by atoms with Gasteiger partial charge in [0.15, 0.2) is 0 Å². The van der Waals surface area contributed by atoms with Gasteiger partial charge < -0.3 is 12.6 Å². The molecule has 1 rings (SSSR count). The van der Waals surface area contributed by atoms with Crippen LogP contribution in [-0.2, 0) is 12.6 Å². The SMILES string of the molecule is N#C[S-].c1ccncc1. The molecule has 0 amide bonds. The van der Waals surface area contributed by atoms with Crippen molar-refractivity contribution in [3.8, 4) is 5.40 Å². The van der Waals surface area contributed by atoms with Crippen LogP contribution in [0, 0.1) is 10.7 Å². The van der Waals surface area contributed by atoms with E-state index in [2.05, 4.69) is 17.6 Å². The molecular weight excluding hydrogens is 132 g/mol. The normalized spacial score (nSPS) is 6.11. The molecule has 1 aromatic rings. The van der Waals surface area contributed by atoms with Crippen molar-refractivity contribution >= 4 is 12.6 Å². The smallest absolute Gasteiger partial charge is 0.0267 e. The first-order valence-electron chi connectivity index (χ1n) is 2.28. The molecule has 1 heterocycles. The summed E-state index contributed by atoms with van der Waals surface area (Å²) in [6.45, 7) is 0. The van der Waals surface area contributed by atoms with Crippen molar-refractivity contribution in [1.29, 1.82) is 5.26 Å². The van der Waals surface area contributed by atoms with Crippen molar-refractivity contribution in [2.75, 3.05) is 0 Å². The zero-order valence-electron chi connectivity index (χ0n) is 4.69. The van der Waals surface area contributed by atoms with Crippen LogP contribution in [-0.4, -0.2) is 4.98 Å². The van der Waals surface area contributed by atoms with Crippen molar-refractivity contribution < 1.29 is 0 Å². The van der Waals surface area contributed by atoms with Crippen LogP contribution < -0.4 is 0 Å². The summed E-state index contributed by atoms with van der Waals surface area (Å²) in [5.74, 6) is 0. The summed E-state index contributed by atoms with van der Waals surface area (Å²) >= 11 is 3.70. The standard InChI is InChI=1S/C5H5N.CHNS/c1-2-4-6-5-3-1;2-1-3/h1-5H;3H/p-1. The molecule has 0 aliphatic heterocycles. The molecule has 9 heavy (non-hydrogen) atoms. The minimum absolute atomic E-state index is 1.33. The molecule has 0 fully saturated rings. The number of hydrogen-bond donors (Lipinski definition) is 0. The summed E-state index contributed by atoms with van der Waals surface area (Å²) in [5, 5.41) is 8.47. The number of nitrogens with zero attached hydrogens (tertiary/aromatic N) is 2. The van der Waals surface area contributed by atoms with Crippen LogP contribution in [0.15, 0.2) is 30.6 Å². The lowest BCUT2D eigenvalue weighted by Gasteiger charge is -1.70. The van der Waals surface area contributed by atoms with Gasteiger partial charge in [0, 0.05) is 12.4 Å². The van der Waals surface area contributed by atoms with Crippen LogP contribution in [0.25, 0.3) is 0 Å². The molecule has 0 spiro atoms. The van der Waals surface area contributed by atoms with Gasteiger partial charge in [0.05, 0.1) is 0 Å². The van der Waals surface area contributed by atoms with Gasteiger partial charge in [-0.1, -0.05) is 11.5 Å². The van der Waals surface area contributed by atoms with Crippen molar-refractivity contribution in [2.24, 2.45) is 0 Å². The van der Waals surface area contributed by atoms with E-state index >= 15 is 0 Å². The molecular formula is C6H5N2S-. The number of rotatable bonds is 0. The molecule has 2 nitrogen and oxygen atoms in total. The number of thiocyanates is 1. The summed E-state index contributed by atoms with van der Waals surface area (Å²) in [6, 6.07) is 5.72. The van der Waals surface area contributed by atoms with Gasteiger partial charge in [0.1, 0.15) is 0 Å². The highest BCUT2D eigenvalue weighted by atomic mass is 32.1. The zero-order chi connectivity index (χ0) is 6.95. The van der Waals surface area contributed by atoms with Gasteiger partial charge in [0.25, 0.3) is 0 Å². The molecule has 0 radical (unpaired) electrons. The maximum Gasteiger partial charge on any atom is 0.0267 e. The molecule has 0 unspecified atom stereocenters. The third-order valence-electron chi connectivity index (χ3n) is 0.566. The molecule has 1 aromatic heterocycles. The Labute approximate surface area is 59.6 Å². The first kappa shape index (κ1) is 7.86. The number of hydrogen-bond acceptors (Lipinski definition) is 3. The van der Waals surface area contributed by atoms with Gasteiger partial charge in [-0.2, -0.15) is 0 Å². The van der Waals surface area contributed by atoms with Crippen molar-refractivity contribution in [3.63, 3.8) is 0 Å². The largest absolute Gasteiger partial charge is 0.696 e. The van der Waals surface area contributed by atoms with Crippen LogP contribution in [0.5, 0.6) is 0 Å². The molecule has 0 aliphatic rings. The first-order valence-corrected chi connectivity index (χ1v) is 2.69. The van der Waals surface area contributed by atoms with Gasteiger partial charge in [-0.05, 0) is 12.1 Å². The molecule has 0 N–H and O–H groups in total. The summed E-state index contributed by atoms with van der Waals surface area (Å²) in [4.78, 5) is 3.78. The van der Waals surface area contributed by atoms with Crippen molar-refractivity contribution in [3.05, 3.63) is 30.6 Å². The molecule has 0 atom stereocenters. The summed E-state index contributed by atoms with van der Waals surface area (Å²) in [7, 11) is 0. The van der Waals surface area contributed by atoms with E-state index in [1.54, 1.807) is 12.4 Å². The minimum atomic E-state index is 1.33. The Morgan fingerprint density at radius 1 is 1.22 bits per heavy atom. The third kappa shape index (κ3) is 6.86. The second-order valence-electron chi connectivity index (χ2n) is 1.12. The molecule has 0 bridgehead atoms. The van der Waals surface area contributed by atoms with E-state index in [-0.39, 0.29) is 0 Å². The number of aromatic nitrogens is 1. The van der Waals surface area contributed by atoms with Gasteiger partial charge in [-0.15, -0.1) is 0 Å². The van der Waals surface area contributed by atoms with E-state index in [9.17, 15) is 0 Å². The maximum absolute atomic E-state index is 7.13. The van der Waals surface area contributed by atoms with Crippen LogP contribution in [0.1, 0.15) is 0 Å². The zero-order valence-corrected chi connectivity index (χ0v) is 5.51. The highest BCUT2D eigenvalue weighted by Gasteiger charge is 1.58. The van der Waals surface area contributed by atoms with Crippen LogP contribution >= 0.6 is 0 Å². The number of nitriles is 1. The van der Waals surface area contributed by atoms with Crippen molar-refractivity contribution in [1.82, 2.24) is 4.98 Å². The Balaban J connectivity index is 0.000000187. The second-order valence-corrected chi connectivity index (χ2v) is 1.30. The monoisotopic (exact) mass is 137 g/mol. The lowest BCUT2D eigenvalue weighted by molar-refractivity contribution is 1.33. The first-order chi connectivity index (χ1) is 4.41. The molecule has 0 aliphatic carbocycles. The molecule has 46 valence electrons. The molecule has 0 aromatic carbocycles. The predicted molar refractivity (Wildman–Crippen MR) is 37.2 cm³/mol. The van der Waals surface area contributed by atoms with E-state index in [0.29, 0.717) is 0 Å². The Morgan fingerprint density at radius 3 is 1.78 bits per heavy atom. The number of pyridine rings is 1. The van der Waals surface area contributed by atoms with Crippen molar-refractivity contribution in [2.45, 2.75) is 0 Å². The maximum atomic E-state index is 7.13. The quantitative estimate of drug-likeness (QED) is 0.397. The fourth-order valence-corrected chi connectivity index (χ4v) is 0.313. The Bertz CT molecular complexity index is 141. The van der Waals surface area contributed by atoms with Gasteiger partial charge in [-0.3, -0.25) is 4.98 Å². The lowest BCUT2D eigenvalue weighted by Crippen LogP contribution is -1.58. The summed E-state index contributed by atoms with van der Waals surface area (Å²) in [5.41, 5.74) is 0. The van der Waals surface area contributed by atoms with E-state index in [1.807, 2.05) is 18.2 Å². The third-order valence-corrected chi connectivity index (χ3v) is 0.566. The summed E-state index contributed by atoms with van der Waals surface area (Å²) < 4.78 is 0. The van der Waals surface area contributed by atoms with Gasteiger partial charge in [0.2, 0.25) is 0 Å². The van der Waals surface area contributed by atoms with Crippen LogP contribution in [0.4, 0.5) is 0 Å². The fraction of sp³-hybridized carbons (Fsp3) is 0. The Hall–Kier alpha value is -1.14. The van der Waals surface area contributed by atoms with Crippen LogP contribution in [0.3, 0.4) is 0 Å². The minimum Gasteiger partial charge on any atom is -0.696 e. The van der Waals surface area contributed by atoms with E-state index < -0.39 is 0 Å². The average Bonchev–Trinajstić information content (AvgIpc) is 1.93. The highest BCUT2D eigenvalue weighted by Crippen LogP contribution is 1.73. The van der Waals surface area contributed by atoms with E-state index in [1.165, 1.54) is 5.40 Å². The second kappa shape index (κ2) is 6.86. The Kier molecular flexibility index (Phi) is 5.99.